The molecule has 0 radical (unpaired) electrons. The summed E-state index contributed by atoms with van der Waals surface area (Å²) in [5, 5.41) is 0. The Labute approximate surface area is 94.9 Å². The van der Waals surface area contributed by atoms with E-state index in [0.29, 0.717) is 5.56 Å². The first-order valence-corrected chi connectivity index (χ1v) is 6.00. The Bertz CT molecular complexity index is 511. The molecular weight excluding hydrogens is 229 g/mol. The van der Waals surface area contributed by atoms with Crippen molar-refractivity contribution < 1.29 is 12.8 Å². The molecule has 1 aromatic carbocycles. The van der Waals surface area contributed by atoms with Crippen molar-refractivity contribution in [2.24, 2.45) is 0 Å². The van der Waals surface area contributed by atoms with Crippen molar-refractivity contribution >= 4 is 10.0 Å². The van der Waals surface area contributed by atoms with Crippen molar-refractivity contribution in [2.75, 3.05) is 13.6 Å². The standard InChI is InChI=1S/C11H12FNO2S/c1-4-8-13(3)16(14,15)11-9(2)6-5-7-10(11)12/h1,5-7H,8H2,2-3H3. The van der Waals surface area contributed by atoms with Crippen LogP contribution in [0.25, 0.3) is 0 Å². The number of aryl methyl sites for hydroxylation is 1. The van der Waals surface area contributed by atoms with Crippen LogP contribution >= 0.6 is 0 Å². The number of rotatable bonds is 3. The quantitative estimate of drug-likeness (QED) is 0.750. The lowest BCUT2D eigenvalue weighted by atomic mass is 10.2. The van der Waals surface area contributed by atoms with Crippen LogP contribution < -0.4 is 0 Å². The monoisotopic (exact) mass is 241 g/mol. The molecule has 0 spiro atoms. The predicted molar refractivity (Wildman–Crippen MR) is 59.8 cm³/mol. The van der Waals surface area contributed by atoms with Gasteiger partial charge in [0.1, 0.15) is 10.7 Å². The highest BCUT2D eigenvalue weighted by Crippen LogP contribution is 2.21. The Kier molecular flexibility index (Phi) is 3.68. The SMILES string of the molecule is C#CCN(C)S(=O)(=O)c1c(C)cccc1F. The van der Waals surface area contributed by atoms with E-state index in [1.165, 1.54) is 13.1 Å². The molecule has 0 heterocycles. The molecule has 16 heavy (non-hydrogen) atoms. The van der Waals surface area contributed by atoms with Crippen LogP contribution in [0, 0.1) is 25.1 Å². The van der Waals surface area contributed by atoms with Crippen LogP contribution in [0.3, 0.4) is 0 Å². The highest BCUT2D eigenvalue weighted by atomic mass is 32.2. The molecule has 0 N–H and O–H groups in total. The zero-order valence-corrected chi connectivity index (χ0v) is 9.88. The predicted octanol–water partition coefficient (Wildman–Crippen LogP) is 1.39. The maximum Gasteiger partial charge on any atom is 0.246 e. The van der Waals surface area contributed by atoms with Crippen LogP contribution in [-0.4, -0.2) is 26.3 Å². The number of hydrogen-bond acceptors (Lipinski definition) is 2. The smallest absolute Gasteiger partial charge is 0.207 e. The summed E-state index contributed by atoms with van der Waals surface area (Å²) in [6, 6.07) is 4.12. The van der Waals surface area contributed by atoms with E-state index >= 15 is 0 Å². The summed E-state index contributed by atoms with van der Waals surface area (Å²) in [5.74, 6) is 1.45. The fourth-order valence-corrected chi connectivity index (χ4v) is 2.66. The summed E-state index contributed by atoms with van der Waals surface area (Å²) in [5.41, 5.74) is 0.365. The van der Waals surface area contributed by atoms with Gasteiger partial charge in [0.15, 0.2) is 0 Å². The molecule has 1 rings (SSSR count). The van der Waals surface area contributed by atoms with Gasteiger partial charge >= 0.3 is 0 Å². The third-order valence-corrected chi connectivity index (χ3v) is 4.13. The van der Waals surface area contributed by atoms with Crippen molar-refractivity contribution in [1.29, 1.82) is 0 Å². The van der Waals surface area contributed by atoms with Gasteiger partial charge in [0.05, 0.1) is 6.54 Å². The lowest BCUT2D eigenvalue weighted by Crippen LogP contribution is -2.28. The fraction of sp³-hybridized carbons (Fsp3) is 0.273. The summed E-state index contributed by atoms with van der Waals surface area (Å²) in [7, 11) is -2.53. The van der Waals surface area contributed by atoms with E-state index in [1.807, 2.05) is 0 Å². The van der Waals surface area contributed by atoms with Gasteiger partial charge in [-0.05, 0) is 18.6 Å². The second kappa shape index (κ2) is 4.64. The minimum Gasteiger partial charge on any atom is -0.207 e. The molecule has 0 aromatic heterocycles. The average Bonchev–Trinajstić information content (AvgIpc) is 2.17. The second-order valence-electron chi connectivity index (χ2n) is 3.35. The van der Waals surface area contributed by atoms with Gasteiger partial charge in [-0.15, -0.1) is 6.42 Å². The Morgan fingerprint density at radius 1 is 1.50 bits per heavy atom. The van der Waals surface area contributed by atoms with Crippen molar-refractivity contribution in [2.45, 2.75) is 11.8 Å². The lowest BCUT2D eigenvalue weighted by molar-refractivity contribution is 0.491. The van der Waals surface area contributed by atoms with Crippen LogP contribution in [0.2, 0.25) is 0 Å². The van der Waals surface area contributed by atoms with Crippen LogP contribution in [0.1, 0.15) is 5.56 Å². The molecule has 0 saturated heterocycles. The zero-order chi connectivity index (χ0) is 12.3. The normalized spacial score (nSPS) is 11.4. The summed E-state index contributed by atoms with van der Waals surface area (Å²) in [4.78, 5) is -0.312. The van der Waals surface area contributed by atoms with E-state index in [0.717, 1.165) is 10.4 Å². The topological polar surface area (TPSA) is 37.4 Å². The molecule has 1 aromatic rings. The number of terminal acetylenes is 1. The Balaban J connectivity index is 3.34. The van der Waals surface area contributed by atoms with Crippen LogP contribution in [0.4, 0.5) is 4.39 Å². The van der Waals surface area contributed by atoms with Gasteiger partial charge in [-0.2, -0.15) is 4.31 Å². The molecule has 0 saturated carbocycles. The minimum absolute atomic E-state index is 0.0872. The van der Waals surface area contributed by atoms with Crippen molar-refractivity contribution in [3.05, 3.63) is 29.6 Å². The van der Waals surface area contributed by atoms with E-state index in [9.17, 15) is 12.8 Å². The summed E-state index contributed by atoms with van der Waals surface area (Å²) in [6.07, 6.45) is 5.03. The first-order chi connectivity index (χ1) is 7.41. The van der Waals surface area contributed by atoms with Gasteiger partial charge < -0.3 is 0 Å². The average molecular weight is 241 g/mol. The zero-order valence-electron chi connectivity index (χ0n) is 9.07. The van der Waals surface area contributed by atoms with Crippen molar-refractivity contribution in [1.82, 2.24) is 4.31 Å². The van der Waals surface area contributed by atoms with E-state index in [4.69, 9.17) is 6.42 Å². The Morgan fingerprint density at radius 2 is 2.12 bits per heavy atom. The number of sulfonamides is 1. The molecule has 3 nitrogen and oxygen atoms in total. The largest absolute Gasteiger partial charge is 0.246 e. The fourth-order valence-electron chi connectivity index (χ4n) is 1.31. The molecular formula is C11H12FNO2S. The van der Waals surface area contributed by atoms with E-state index in [1.54, 1.807) is 13.0 Å². The minimum atomic E-state index is -3.85. The summed E-state index contributed by atoms with van der Waals surface area (Å²) in [6.45, 7) is 1.45. The van der Waals surface area contributed by atoms with Crippen molar-refractivity contribution in [3.8, 4) is 12.3 Å². The number of halogens is 1. The number of hydrogen-bond donors (Lipinski definition) is 0. The summed E-state index contributed by atoms with van der Waals surface area (Å²) < 4.78 is 38.3. The maximum absolute atomic E-state index is 13.5. The van der Waals surface area contributed by atoms with Gasteiger partial charge in [-0.1, -0.05) is 18.1 Å². The van der Waals surface area contributed by atoms with E-state index < -0.39 is 15.8 Å². The Hall–Kier alpha value is -1.38. The molecule has 0 aliphatic heterocycles. The van der Waals surface area contributed by atoms with Crippen molar-refractivity contribution in [3.63, 3.8) is 0 Å². The van der Waals surface area contributed by atoms with Crippen LogP contribution in [0.15, 0.2) is 23.1 Å². The first-order valence-electron chi connectivity index (χ1n) is 4.56. The highest BCUT2D eigenvalue weighted by Gasteiger charge is 2.25. The molecule has 0 aliphatic carbocycles. The summed E-state index contributed by atoms with van der Waals surface area (Å²) >= 11 is 0. The molecule has 0 fully saturated rings. The molecule has 0 amide bonds. The van der Waals surface area contributed by atoms with Gasteiger partial charge in [0.25, 0.3) is 0 Å². The number of nitrogens with zero attached hydrogens (tertiary/aromatic N) is 1. The van der Waals surface area contributed by atoms with Crippen LogP contribution in [-0.2, 0) is 10.0 Å². The Morgan fingerprint density at radius 3 is 2.62 bits per heavy atom. The molecule has 0 bridgehead atoms. The third-order valence-electron chi connectivity index (χ3n) is 2.15. The third kappa shape index (κ3) is 2.23. The van der Waals surface area contributed by atoms with E-state index in [2.05, 4.69) is 5.92 Å². The first kappa shape index (κ1) is 12.7. The van der Waals surface area contributed by atoms with Gasteiger partial charge in [-0.25, -0.2) is 12.8 Å². The van der Waals surface area contributed by atoms with Gasteiger partial charge in [0, 0.05) is 7.05 Å². The lowest BCUT2D eigenvalue weighted by Gasteiger charge is -2.16. The molecule has 5 heteroatoms. The van der Waals surface area contributed by atoms with Gasteiger partial charge in [0.2, 0.25) is 10.0 Å². The molecule has 86 valence electrons. The highest BCUT2D eigenvalue weighted by molar-refractivity contribution is 7.89. The number of benzene rings is 1. The molecule has 0 aliphatic rings. The maximum atomic E-state index is 13.5. The molecule has 0 atom stereocenters. The second-order valence-corrected chi connectivity index (χ2v) is 5.33. The van der Waals surface area contributed by atoms with E-state index in [-0.39, 0.29) is 11.4 Å². The van der Waals surface area contributed by atoms with Gasteiger partial charge in [-0.3, -0.25) is 0 Å². The van der Waals surface area contributed by atoms with Crippen LogP contribution in [0.5, 0.6) is 0 Å². The molecule has 0 unspecified atom stereocenters.